The van der Waals surface area contributed by atoms with Crippen LogP contribution in [0.4, 0.5) is 0 Å². The van der Waals surface area contributed by atoms with Gasteiger partial charge in [-0.2, -0.15) is 0 Å². The fourth-order valence-electron chi connectivity index (χ4n) is 1.63. The van der Waals surface area contributed by atoms with Crippen molar-refractivity contribution in [1.29, 1.82) is 0 Å². The number of ketones is 1. The minimum Gasteiger partial charge on any atom is -0.293 e. The molecule has 0 aliphatic heterocycles. The van der Waals surface area contributed by atoms with Gasteiger partial charge in [-0.1, -0.05) is 30.8 Å². The normalized spacial score (nSPS) is 10.8. The molecule has 1 heterocycles. The highest BCUT2D eigenvalue weighted by Gasteiger charge is 2.17. The van der Waals surface area contributed by atoms with Gasteiger partial charge in [0.2, 0.25) is 0 Å². The summed E-state index contributed by atoms with van der Waals surface area (Å²) >= 11 is 1.23. The number of nitrogens with zero attached hydrogens (tertiary/aromatic N) is 2. The lowest BCUT2D eigenvalue weighted by molar-refractivity contribution is 0.0981. The van der Waals surface area contributed by atoms with Crippen molar-refractivity contribution in [3.63, 3.8) is 0 Å². The molecule has 1 aromatic heterocycles. The van der Waals surface area contributed by atoms with E-state index < -0.39 is 0 Å². The molecule has 0 spiro atoms. The van der Waals surface area contributed by atoms with E-state index in [1.165, 1.54) is 11.5 Å². The second-order valence-electron chi connectivity index (χ2n) is 4.45. The van der Waals surface area contributed by atoms with Crippen LogP contribution >= 0.6 is 11.5 Å². The zero-order valence-corrected chi connectivity index (χ0v) is 11.4. The van der Waals surface area contributed by atoms with Crippen molar-refractivity contribution in [3.8, 4) is 0 Å². The van der Waals surface area contributed by atoms with Gasteiger partial charge in [0.25, 0.3) is 0 Å². The quantitative estimate of drug-likeness (QED) is 0.399. The Morgan fingerprint density at radius 3 is 2.82 bits per heavy atom. The van der Waals surface area contributed by atoms with Crippen molar-refractivity contribution in [3.05, 3.63) is 23.2 Å². The Morgan fingerprint density at radius 1 is 1.41 bits per heavy atom. The van der Waals surface area contributed by atoms with Gasteiger partial charge < -0.3 is 0 Å². The Bertz CT molecular complexity index is 371. The lowest BCUT2D eigenvalue weighted by Gasteiger charge is -2.03. The minimum absolute atomic E-state index is 0.197. The Balaban J connectivity index is 2.41. The van der Waals surface area contributed by atoms with Crippen LogP contribution in [-0.4, -0.2) is 15.4 Å². The van der Waals surface area contributed by atoms with Crippen LogP contribution in [0.5, 0.6) is 0 Å². The minimum atomic E-state index is 0.197. The highest BCUT2D eigenvalue weighted by atomic mass is 32.1. The van der Waals surface area contributed by atoms with Crippen molar-refractivity contribution < 1.29 is 4.79 Å². The summed E-state index contributed by atoms with van der Waals surface area (Å²) in [5.74, 6) is 0.468. The third-order valence-corrected chi connectivity index (χ3v) is 3.41. The molecule has 0 aliphatic rings. The maximum absolute atomic E-state index is 12.0. The van der Waals surface area contributed by atoms with Gasteiger partial charge in [0.05, 0.1) is 5.69 Å². The molecule has 3 nitrogen and oxygen atoms in total. The largest absolute Gasteiger partial charge is 0.293 e. The van der Waals surface area contributed by atoms with Crippen molar-refractivity contribution >= 4 is 17.3 Å². The summed E-state index contributed by atoms with van der Waals surface area (Å²) < 4.78 is 3.88. The monoisotopic (exact) mass is 252 g/mol. The number of rotatable bonds is 8. The first-order chi connectivity index (χ1) is 8.16. The second-order valence-corrected chi connectivity index (χ2v) is 5.21. The Hall–Kier alpha value is -1.03. The zero-order valence-electron chi connectivity index (χ0n) is 10.6. The number of Topliss-reactive ketones (excluding diaryl/α,β-unsaturated/α-hetero) is 1. The van der Waals surface area contributed by atoms with Crippen LogP contribution < -0.4 is 0 Å². The van der Waals surface area contributed by atoms with Gasteiger partial charge in [-0.05, 0) is 36.7 Å². The van der Waals surface area contributed by atoms with Crippen LogP contribution in [0.1, 0.15) is 67.2 Å². The topological polar surface area (TPSA) is 42.9 Å². The van der Waals surface area contributed by atoms with E-state index in [9.17, 15) is 4.79 Å². The van der Waals surface area contributed by atoms with Crippen LogP contribution in [0, 0.1) is 0 Å². The van der Waals surface area contributed by atoms with E-state index in [1.54, 1.807) is 0 Å². The summed E-state index contributed by atoms with van der Waals surface area (Å²) in [5.41, 5.74) is 0.853. The molecule has 94 valence electrons. The van der Waals surface area contributed by atoms with Crippen molar-refractivity contribution in [2.45, 2.75) is 51.9 Å². The molecule has 0 atom stereocenters. The van der Waals surface area contributed by atoms with Crippen LogP contribution in [-0.2, 0) is 0 Å². The molecule has 17 heavy (non-hydrogen) atoms. The number of carbonyl (C=O) groups is 1. The maximum atomic E-state index is 12.0. The van der Waals surface area contributed by atoms with Gasteiger partial charge in [-0.15, -0.1) is 11.7 Å². The second kappa shape index (κ2) is 7.33. The average Bonchev–Trinajstić information content (AvgIpc) is 2.77. The molecule has 0 amide bonds. The highest BCUT2D eigenvalue weighted by Crippen LogP contribution is 2.22. The Kier molecular flexibility index (Phi) is 6.05. The van der Waals surface area contributed by atoms with Crippen LogP contribution in [0.15, 0.2) is 12.7 Å². The van der Waals surface area contributed by atoms with Gasteiger partial charge in [0.15, 0.2) is 5.78 Å². The van der Waals surface area contributed by atoms with Crippen LogP contribution in [0.2, 0.25) is 0 Å². The first-order valence-electron chi connectivity index (χ1n) is 6.13. The van der Waals surface area contributed by atoms with Crippen LogP contribution in [0.25, 0.3) is 0 Å². The number of hydrogen-bond acceptors (Lipinski definition) is 4. The van der Waals surface area contributed by atoms with E-state index in [-0.39, 0.29) is 11.7 Å². The molecule has 0 aromatic carbocycles. The molecule has 0 bridgehead atoms. The summed E-state index contributed by atoms with van der Waals surface area (Å²) in [7, 11) is 0. The molecule has 1 rings (SSSR count). The lowest BCUT2D eigenvalue weighted by atomic mass is 10.0. The lowest BCUT2D eigenvalue weighted by Crippen LogP contribution is -2.02. The number of unbranched alkanes of at least 4 members (excludes halogenated alkanes) is 3. The summed E-state index contributed by atoms with van der Waals surface area (Å²) in [6.07, 6.45) is 6.72. The van der Waals surface area contributed by atoms with Crippen molar-refractivity contribution in [2.24, 2.45) is 0 Å². The average molecular weight is 252 g/mol. The molecular formula is C13H20N2OS. The Morgan fingerprint density at radius 2 is 2.18 bits per heavy atom. The summed E-state index contributed by atoms with van der Waals surface area (Å²) in [6, 6.07) is 0. The number of carbonyl (C=O) groups excluding carboxylic acids is 1. The summed E-state index contributed by atoms with van der Waals surface area (Å²) in [4.78, 5) is 12.7. The van der Waals surface area contributed by atoms with Crippen molar-refractivity contribution in [2.75, 3.05) is 0 Å². The smallest absolute Gasteiger partial charge is 0.176 e. The van der Waals surface area contributed by atoms with E-state index in [0.29, 0.717) is 6.42 Å². The third kappa shape index (κ3) is 4.38. The van der Waals surface area contributed by atoms with Gasteiger partial charge >= 0.3 is 0 Å². The first kappa shape index (κ1) is 14.0. The van der Waals surface area contributed by atoms with E-state index in [1.807, 2.05) is 19.9 Å². The Labute approximate surface area is 107 Å². The number of aromatic nitrogens is 2. The molecule has 0 aliphatic carbocycles. The van der Waals surface area contributed by atoms with Gasteiger partial charge in [-0.3, -0.25) is 4.79 Å². The summed E-state index contributed by atoms with van der Waals surface area (Å²) in [6.45, 7) is 7.76. The molecule has 0 saturated heterocycles. The van der Waals surface area contributed by atoms with Crippen LogP contribution in [0.3, 0.4) is 0 Å². The van der Waals surface area contributed by atoms with Gasteiger partial charge in [0, 0.05) is 6.42 Å². The molecule has 0 radical (unpaired) electrons. The molecule has 1 aromatic rings. The zero-order chi connectivity index (χ0) is 12.7. The standard InChI is InChI=1S/C13H20N2OS/c1-4-5-6-7-8-9-11(16)13-12(10(2)3)14-15-17-13/h4,10H,1,5-9H2,2-3H3. The molecule has 0 fully saturated rings. The number of hydrogen-bond donors (Lipinski definition) is 0. The fraction of sp³-hybridized carbons (Fsp3) is 0.615. The van der Waals surface area contributed by atoms with E-state index >= 15 is 0 Å². The van der Waals surface area contributed by atoms with E-state index in [2.05, 4.69) is 16.2 Å². The molecular weight excluding hydrogens is 232 g/mol. The summed E-state index contributed by atoms with van der Waals surface area (Å²) in [5, 5.41) is 4.03. The molecule has 4 heteroatoms. The predicted molar refractivity (Wildman–Crippen MR) is 71.6 cm³/mol. The highest BCUT2D eigenvalue weighted by molar-refractivity contribution is 7.08. The van der Waals surface area contributed by atoms with E-state index in [4.69, 9.17) is 0 Å². The van der Waals surface area contributed by atoms with Gasteiger partial charge in [0.1, 0.15) is 4.88 Å². The molecule has 0 saturated carbocycles. The first-order valence-corrected chi connectivity index (χ1v) is 6.90. The number of allylic oxidation sites excluding steroid dienone is 1. The van der Waals surface area contributed by atoms with Gasteiger partial charge in [-0.25, -0.2) is 0 Å². The predicted octanol–water partition coefficient (Wildman–Crippen LogP) is 3.98. The SMILES string of the molecule is C=CCCCCCC(=O)c1snnc1C(C)C. The van der Waals surface area contributed by atoms with Crippen molar-refractivity contribution in [1.82, 2.24) is 9.59 Å². The third-order valence-electron chi connectivity index (χ3n) is 2.63. The molecule has 0 N–H and O–H groups in total. The molecule has 0 unspecified atom stereocenters. The van der Waals surface area contributed by atoms with E-state index in [0.717, 1.165) is 36.3 Å². The fourth-order valence-corrected chi connectivity index (χ4v) is 2.42. The maximum Gasteiger partial charge on any atom is 0.176 e.